The van der Waals surface area contributed by atoms with Gasteiger partial charge in [0.05, 0.1) is 17.1 Å². The van der Waals surface area contributed by atoms with Crippen LogP contribution in [0.2, 0.25) is 0 Å². The van der Waals surface area contributed by atoms with E-state index < -0.39 is 0 Å². The SMILES string of the molecule is CC(C)(C)c1cc(-c2ccc3c(c2)C2c4ccc(C(C)(C)C)cc4N(c4c(-c5ccccc5)cc5oc6ccccc6c5c4-c4ccccc4)c4cc(C(C)(C)C)cc(c42)O3)cc(C(C)(C)C)c1. The standard InChI is InChI=1S/C65H63NO2/c1-62(2,3)43-28-29-47-51(35-43)66(61-49(39-21-15-13-16-22-39)38-56-59(48-25-19-20-26-53(48)67-56)57(61)40-23-17-14-18-24-40)52-36-46(65(10,11)12)37-55-60(52)58(47)50-33-41(27-30-54(50)68-55)42-31-44(63(4,5)6)34-45(32-42)64(7,8)9/h13-38,58H,1-12H3. The van der Waals surface area contributed by atoms with Crippen LogP contribution in [0.3, 0.4) is 0 Å². The molecule has 8 aromatic carbocycles. The predicted octanol–water partition coefficient (Wildman–Crippen LogP) is 18.8. The summed E-state index contributed by atoms with van der Waals surface area (Å²) >= 11 is 0. The van der Waals surface area contributed by atoms with Crippen LogP contribution in [0.5, 0.6) is 11.5 Å². The Morgan fingerprint density at radius 2 is 1.00 bits per heavy atom. The van der Waals surface area contributed by atoms with Gasteiger partial charge in [-0.2, -0.15) is 0 Å². The van der Waals surface area contributed by atoms with Gasteiger partial charge in [-0.3, -0.25) is 0 Å². The second-order valence-electron chi connectivity index (χ2n) is 23.5. The van der Waals surface area contributed by atoms with Crippen molar-refractivity contribution in [2.45, 2.75) is 111 Å². The van der Waals surface area contributed by atoms with E-state index in [2.05, 4.69) is 246 Å². The number of fused-ring (bicyclic) bond motifs is 7. The molecule has 11 rings (SSSR count). The van der Waals surface area contributed by atoms with Crippen molar-refractivity contribution >= 4 is 39.0 Å². The summed E-state index contributed by atoms with van der Waals surface area (Å²) in [4.78, 5) is 2.61. The number of hydrogen-bond donors (Lipinski definition) is 0. The summed E-state index contributed by atoms with van der Waals surface area (Å²) in [5.41, 5.74) is 20.6. The Hall–Kier alpha value is -6.84. The lowest BCUT2D eigenvalue weighted by Crippen LogP contribution is -2.28. The predicted molar refractivity (Wildman–Crippen MR) is 287 cm³/mol. The molecule has 0 saturated heterocycles. The Kier molecular flexibility index (Phi) is 9.86. The van der Waals surface area contributed by atoms with E-state index in [0.29, 0.717) is 0 Å². The highest BCUT2D eigenvalue weighted by atomic mass is 16.5. The lowest BCUT2D eigenvalue weighted by atomic mass is 9.73. The Morgan fingerprint density at radius 3 is 1.65 bits per heavy atom. The van der Waals surface area contributed by atoms with Crippen LogP contribution in [0.4, 0.5) is 17.1 Å². The van der Waals surface area contributed by atoms with Crippen LogP contribution in [0.15, 0.2) is 162 Å². The molecule has 68 heavy (non-hydrogen) atoms. The van der Waals surface area contributed by atoms with Crippen LogP contribution < -0.4 is 9.64 Å². The molecule has 0 spiro atoms. The van der Waals surface area contributed by atoms with Crippen molar-refractivity contribution in [1.29, 1.82) is 0 Å². The van der Waals surface area contributed by atoms with E-state index >= 15 is 0 Å². The molecule has 2 aliphatic rings. The first-order valence-electron chi connectivity index (χ1n) is 24.4. The van der Waals surface area contributed by atoms with Gasteiger partial charge in [-0.05, 0) is 114 Å². The van der Waals surface area contributed by atoms with Crippen molar-refractivity contribution in [2.75, 3.05) is 4.90 Å². The van der Waals surface area contributed by atoms with Crippen molar-refractivity contribution in [3.63, 3.8) is 0 Å². The summed E-state index contributed by atoms with van der Waals surface area (Å²) in [6.45, 7) is 27.8. The zero-order valence-electron chi connectivity index (χ0n) is 41.9. The molecule has 2 aliphatic heterocycles. The highest BCUT2D eigenvalue weighted by Crippen LogP contribution is 2.63. The molecular formula is C65H63NO2. The van der Waals surface area contributed by atoms with Gasteiger partial charge in [0.25, 0.3) is 0 Å². The molecule has 0 N–H and O–H groups in total. The maximum absolute atomic E-state index is 7.29. The van der Waals surface area contributed by atoms with Gasteiger partial charge >= 0.3 is 0 Å². The first kappa shape index (κ1) is 43.7. The van der Waals surface area contributed by atoms with Gasteiger partial charge in [-0.1, -0.05) is 198 Å². The fraction of sp³-hybridized carbons (Fsp3) is 0.262. The number of furan rings is 1. The second kappa shape index (κ2) is 15.3. The average Bonchev–Trinajstić information content (AvgIpc) is 3.68. The second-order valence-corrected chi connectivity index (χ2v) is 23.5. The number of para-hydroxylation sites is 1. The number of benzene rings is 8. The molecule has 9 aromatic rings. The molecular weight excluding hydrogens is 827 g/mol. The summed E-state index contributed by atoms with van der Waals surface area (Å²) in [6, 6.07) is 58.9. The Bertz CT molecular complexity index is 3420. The number of anilines is 3. The van der Waals surface area contributed by atoms with Crippen LogP contribution in [-0.4, -0.2) is 0 Å². The largest absolute Gasteiger partial charge is 0.457 e. The minimum Gasteiger partial charge on any atom is -0.457 e. The van der Waals surface area contributed by atoms with Crippen LogP contribution in [0, 0.1) is 0 Å². The molecule has 0 saturated carbocycles. The third-order valence-electron chi connectivity index (χ3n) is 14.5. The summed E-state index contributed by atoms with van der Waals surface area (Å²) in [7, 11) is 0. The zero-order chi connectivity index (χ0) is 47.7. The molecule has 0 fully saturated rings. The van der Waals surface area contributed by atoms with Crippen LogP contribution in [-0.2, 0) is 21.7 Å². The van der Waals surface area contributed by atoms with E-state index in [1.165, 1.54) is 55.8 Å². The first-order chi connectivity index (χ1) is 32.2. The van der Waals surface area contributed by atoms with E-state index in [1.54, 1.807) is 0 Å². The Balaban J connectivity index is 1.27. The van der Waals surface area contributed by atoms with E-state index in [0.717, 1.165) is 67.1 Å². The molecule has 0 radical (unpaired) electrons. The molecule has 0 aliphatic carbocycles. The van der Waals surface area contributed by atoms with E-state index in [1.807, 2.05) is 0 Å². The minimum atomic E-state index is -0.175. The van der Waals surface area contributed by atoms with Crippen LogP contribution in [0.1, 0.15) is 128 Å². The van der Waals surface area contributed by atoms with E-state index in [9.17, 15) is 0 Å². The van der Waals surface area contributed by atoms with Gasteiger partial charge < -0.3 is 14.1 Å². The molecule has 1 aromatic heterocycles. The monoisotopic (exact) mass is 889 g/mol. The molecule has 0 amide bonds. The molecule has 0 bridgehead atoms. The fourth-order valence-electron chi connectivity index (χ4n) is 10.6. The quantitative estimate of drug-likeness (QED) is 0.176. The lowest BCUT2D eigenvalue weighted by Gasteiger charge is -2.44. The maximum Gasteiger partial charge on any atom is 0.136 e. The molecule has 340 valence electrons. The van der Waals surface area contributed by atoms with Crippen molar-refractivity contribution in [3.8, 4) is 44.9 Å². The molecule has 3 heteroatoms. The van der Waals surface area contributed by atoms with Crippen LogP contribution in [0.25, 0.3) is 55.3 Å². The Morgan fingerprint density at radius 1 is 0.412 bits per heavy atom. The highest BCUT2D eigenvalue weighted by Gasteiger charge is 2.43. The summed E-state index contributed by atoms with van der Waals surface area (Å²) in [5, 5.41) is 2.21. The smallest absolute Gasteiger partial charge is 0.136 e. The summed E-state index contributed by atoms with van der Waals surface area (Å²) < 4.78 is 14.1. The minimum absolute atomic E-state index is 0.00850. The van der Waals surface area contributed by atoms with Gasteiger partial charge in [-0.15, -0.1) is 0 Å². The molecule has 3 nitrogen and oxygen atoms in total. The number of hydrogen-bond acceptors (Lipinski definition) is 3. The molecule has 1 atom stereocenters. The van der Waals surface area contributed by atoms with E-state index in [-0.39, 0.29) is 27.6 Å². The summed E-state index contributed by atoms with van der Waals surface area (Å²) in [5.74, 6) is 1.73. The molecule has 3 heterocycles. The van der Waals surface area contributed by atoms with Gasteiger partial charge in [0.2, 0.25) is 0 Å². The van der Waals surface area contributed by atoms with Crippen molar-refractivity contribution < 1.29 is 9.15 Å². The lowest BCUT2D eigenvalue weighted by molar-refractivity contribution is 0.449. The number of nitrogens with zero attached hydrogens (tertiary/aromatic N) is 1. The zero-order valence-corrected chi connectivity index (χ0v) is 41.9. The fourth-order valence-corrected chi connectivity index (χ4v) is 10.6. The van der Waals surface area contributed by atoms with Crippen LogP contribution >= 0.6 is 0 Å². The van der Waals surface area contributed by atoms with Crippen molar-refractivity contribution in [2.24, 2.45) is 0 Å². The highest BCUT2D eigenvalue weighted by molar-refractivity contribution is 6.19. The van der Waals surface area contributed by atoms with Gasteiger partial charge in [-0.25, -0.2) is 0 Å². The molecule has 1 unspecified atom stereocenters. The summed E-state index contributed by atoms with van der Waals surface area (Å²) in [6.07, 6.45) is 0. The third-order valence-corrected chi connectivity index (χ3v) is 14.5. The third kappa shape index (κ3) is 7.25. The average molecular weight is 890 g/mol. The van der Waals surface area contributed by atoms with Gasteiger partial charge in [0.1, 0.15) is 22.7 Å². The van der Waals surface area contributed by atoms with Crippen molar-refractivity contribution in [3.05, 3.63) is 197 Å². The van der Waals surface area contributed by atoms with Crippen molar-refractivity contribution in [1.82, 2.24) is 0 Å². The normalized spacial score (nSPS) is 14.7. The first-order valence-corrected chi connectivity index (χ1v) is 24.4. The number of rotatable bonds is 4. The Labute approximate surface area is 403 Å². The maximum atomic E-state index is 7.29. The van der Waals surface area contributed by atoms with Gasteiger partial charge in [0, 0.05) is 38.9 Å². The van der Waals surface area contributed by atoms with Gasteiger partial charge in [0.15, 0.2) is 0 Å². The topological polar surface area (TPSA) is 25.6 Å². The number of ether oxygens (including phenoxy) is 1. The van der Waals surface area contributed by atoms with E-state index in [4.69, 9.17) is 9.15 Å².